The van der Waals surface area contributed by atoms with Gasteiger partial charge >= 0.3 is 6.18 Å². The second-order valence-electron chi connectivity index (χ2n) is 2.76. The molecule has 0 saturated heterocycles. The summed E-state index contributed by atoms with van der Waals surface area (Å²) >= 11 is 0. The minimum Gasteiger partial charge on any atom is -0.284 e. The SMILES string of the molecule is Cc1cccc(F)c1C(=O)C(F)(F)F. The van der Waals surface area contributed by atoms with Crippen molar-refractivity contribution in [3.05, 3.63) is 35.1 Å². The van der Waals surface area contributed by atoms with Crippen LogP contribution in [0.15, 0.2) is 18.2 Å². The van der Waals surface area contributed by atoms with Gasteiger partial charge in [0.2, 0.25) is 0 Å². The van der Waals surface area contributed by atoms with Crippen molar-refractivity contribution in [2.45, 2.75) is 13.1 Å². The molecule has 0 saturated carbocycles. The van der Waals surface area contributed by atoms with E-state index >= 15 is 0 Å². The Kier molecular flexibility index (Phi) is 2.59. The number of hydrogen-bond donors (Lipinski definition) is 0. The van der Waals surface area contributed by atoms with E-state index in [-0.39, 0.29) is 5.56 Å². The molecule has 0 aliphatic carbocycles. The summed E-state index contributed by atoms with van der Waals surface area (Å²) < 4.78 is 48.8. The first-order valence-corrected chi connectivity index (χ1v) is 3.70. The summed E-state index contributed by atoms with van der Waals surface area (Å²) in [5, 5.41) is 0. The predicted octanol–water partition coefficient (Wildman–Crippen LogP) is 2.88. The average Bonchev–Trinajstić information content (AvgIpc) is 2.01. The molecule has 0 aliphatic heterocycles. The molecule has 0 N–H and O–H groups in total. The van der Waals surface area contributed by atoms with Crippen LogP contribution in [0.5, 0.6) is 0 Å². The second kappa shape index (κ2) is 3.40. The van der Waals surface area contributed by atoms with Crippen LogP contribution in [-0.4, -0.2) is 12.0 Å². The maximum atomic E-state index is 12.9. The third-order valence-electron chi connectivity index (χ3n) is 1.71. The molecule has 0 atom stereocenters. The van der Waals surface area contributed by atoms with E-state index in [0.717, 1.165) is 6.07 Å². The predicted molar refractivity (Wildman–Crippen MR) is 41.5 cm³/mol. The molecule has 0 bridgehead atoms. The number of carbonyl (C=O) groups is 1. The number of Topliss-reactive ketones (excluding diaryl/α,β-unsaturated/α-hetero) is 1. The van der Waals surface area contributed by atoms with Crippen molar-refractivity contribution < 1.29 is 22.4 Å². The standard InChI is InChI=1S/C9H6F4O/c1-5-3-2-4-6(10)7(5)8(14)9(11,12)13/h2-4H,1H3. The topological polar surface area (TPSA) is 17.1 Å². The normalized spacial score (nSPS) is 11.5. The zero-order valence-corrected chi connectivity index (χ0v) is 7.15. The van der Waals surface area contributed by atoms with Crippen LogP contribution in [0.4, 0.5) is 17.6 Å². The maximum absolute atomic E-state index is 12.9. The van der Waals surface area contributed by atoms with Crippen LogP contribution in [0, 0.1) is 12.7 Å². The quantitative estimate of drug-likeness (QED) is 0.510. The van der Waals surface area contributed by atoms with Crippen molar-refractivity contribution in [1.29, 1.82) is 0 Å². The molecule has 76 valence electrons. The van der Waals surface area contributed by atoms with Crippen LogP contribution in [0.3, 0.4) is 0 Å². The molecule has 0 fully saturated rings. The van der Waals surface area contributed by atoms with Gasteiger partial charge in [0.1, 0.15) is 5.82 Å². The molecular weight excluding hydrogens is 200 g/mol. The van der Waals surface area contributed by atoms with Gasteiger partial charge in [-0.15, -0.1) is 0 Å². The smallest absolute Gasteiger partial charge is 0.284 e. The van der Waals surface area contributed by atoms with Crippen molar-refractivity contribution in [3.63, 3.8) is 0 Å². The summed E-state index contributed by atoms with van der Waals surface area (Å²) in [6.07, 6.45) is -5.03. The summed E-state index contributed by atoms with van der Waals surface area (Å²) in [7, 11) is 0. The van der Waals surface area contributed by atoms with Crippen molar-refractivity contribution in [1.82, 2.24) is 0 Å². The number of halogens is 4. The highest BCUT2D eigenvalue weighted by molar-refractivity contribution is 6.01. The van der Waals surface area contributed by atoms with Crippen molar-refractivity contribution in [3.8, 4) is 0 Å². The number of benzene rings is 1. The number of aryl methyl sites for hydroxylation is 1. The minimum atomic E-state index is -5.03. The van der Waals surface area contributed by atoms with E-state index in [1.807, 2.05) is 0 Å². The third-order valence-corrected chi connectivity index (χ3v) is 1.71. The Morgan fingerprint density at radius 1 is 1.29 bits per heavy atom. The Labute approximate surface area is 77.3 Å². The Morgan fingerprint density at radius 3 is 2.29 bits per heavy atom. The molecule has 1 aromatic carbocycles. The fourth-order valence-electron chi connectivity index (χ4n) is 1.06. The Bertz CT molecular complexity index is 347. The van der Waals surface area contributed by atoms with Gasteiger partial charge in [-0.1, -0.05) is 12.1 Å². The first-order valence-electron chi connectivity index (χ1n) is 3.70. The van der Waals surface area contributed by atoms with Gasteiger partial charge in [0.25, 0.3) is 5.78 Å². The lowest BCUT2D eigenvalue weighted by atomic mass is 10.0. The third kappa shape index (κ3) is 1.92. The molecule has 0 unspecified atom stereocenters. The summed E-state index contributed by atoms with van der Waals surface area (Å²) in [6.45, 7) is 1.25. The lowest BCUT2D eigenvalue weighted by Crippen LogP contribution is -2.24. The number of rotatable bonds is 1. The molecule has 0 aliphatic rings. The molecule has 0 heterocycles. The Morgan fingerprint density at radius 2 is 1.86 bits per heavy atom. The van der Waals surface area contributed by atoms with Gasteiger partial charge < -0.3 is 0 Å². The minimum absolute atomic E-state index is 0.0210. The molecule has 0 aromatic heterocycles. The lowest BCUT2D eigenvalue weighted by molar-refractivity contribution is -0.0888. The van der Waals surface area contributed by atoms with Gasteiger partial charge in [-0.3, -0.25) is 4.79 Å². The van der Waals surface area contributed by atoms with Crippen molar-refractivity contribution in [2.75, 3.05) is 0 Å². The molecule has 5 heteroatoms. The van der Waals surface area contributed by atoms with E-state index in [9.17, 15) is 22.4 Å². The molecule has 1 aromatic rings. The largest absolute Gasteiger partial charge is 0.454 e. The lowest BCUT2D eigenvalue weighted by Gasteiger charge is -2.08. The average molecular weight is 206 g/mol. The maximum Gasteiger partial charge on any atom is 0.454 e. The van der Waals surface area contributed by atoms with Gasteiger partial charge in [0.05, 0.1) is 5.56 Å². The molecular formula is C9H6F4O. The molecule has 1 rings (SSSR count). The molecule has 14 heavy (non-hydrogen) atoms. The summed E-state index contributed by atoms with van der Waals surface area (Å²) in [4.78, 5) is 10.7. The van der Waals surface area contributed by atoms with Crippen molar-refractivity contribution in [2.24, 2.45) is 0 Å². The van der Waals surface area contributed by atoms with Crippen LogP contribution in [0.25, 0.3) is 0 Å². The van der Waals surface area contributed by atoms with E-state index in [0.29, 0.717) is 0 Å². The van der Waals surface area contributed by atoms with Crippen LogP contribution < -0.4 is 0 Å². The van der Waals surface area contributed by atoms with Gasteiger partial charge in [0.15, 0.2) is 0 Å². The fourth-order valence-corrected chi connectivity index (χ4v) is 1.06. The first-order chi connectivity index (χ1) is 6.34. The van der Waals surface area contributed by atoms with Gasteiger partial charge in [0, 0.05) is 0 Å². The van der Waals surface area contributed by atoms with E-state index in [2.05, 4.69) is 0 Å². The Balaban J connectivity index is 3.26. The van der Waals surface area contributed by atoms with E-state index in [4.69, 9.17) is 0 Å². The van der Waals surface area contributed by atoms with Crippen LogP contribution in [-0.2, 0) is 0 Å². The van der Waals surface area contributed by atoms with Crippen LogP contribution >= 0.6 is 0 Å². The van der Waals surface area contributed by atoms with Crippen LogP contribution in [0.2, 0.25) is 0 Å². The van der Waals surface area contributed by atoms with Gasteiger partial charge in [-0.25, -0.2) is 4.39 Å². The Hall–Kier alpha value is -1.39. The number of carbonyl (C=O) groups excluding carboxylic acids is 1. The molecule has 0 radical (unpaired) electrons. The summed E-state index contributed by atoms with van der Waals surface area (Å²) in [5.74, 6) is -3.29. The number of ketones is 1. The second-order valence-corrected chi connectivity index (χ2v) is 2.76. The van der Waals surface area contributed by atoms with Gasteiger partial charge in [-0.2, -0.15) is 13.2 Å². The highest BCUT2D eigenvalue weighted by atomic mass is 19.4. The van der Waals surface area contributed by atoms with E-state index in [1.165, 1.54) is 19.1 Å². The zero-order chi connectivity index (χ0) is 10.9. The van der Waals surface area contributed by atoms with Gasteiger partial charge in [-0.05, 0) is 18.6 Å². The van der Waals surface area contributed by atoms with Crippen LogP contribution in [0.1, 0.15) is 15.9 Å². The van der Waals surface area contributed by atoms with Crippen molar-refractivity contribution >= 4 is 5.78 Å². The monoisotopic (exact) mass is 206 g/mol. The van der Waals surface area contributed by atoms with E-state index < -0.39 is 23.3 Å². The number of alkyl halides is 3. The molecule has 0 spiro atoms. The highest BCUT2D eigenvalue weighted by Crippen LogP contribution is 2.24. The van der Waals surface area contributed by atoms with E-state index in [1.54, 1.807) is 0 Å². The fraction of sp³-hybridized carbons (Fsp3) is 0.222. The molecule has 1 nitrogen and oxygen atoms in total. The summed E-state index contributed by atoms with van der Waals surface area (Å²) in [5.41, 5.74) is -0.924. The highest BCUT2D eigenvalue weighted by Gasteiger charge is 2.41. The molecule has 0 amide bonds. The zero-order valence-electron chi connectivity index (χ0n) is 7.15. The first kappa shape index (κ1) is 10.7. The summed E-state index contributed by atoms with van der Waals surface area (Å²) in [6, 6.07) is 3.33. The number of hydrogen-bond acceptors (Lipinski definition) is 1.